The molecule has 2 heterocycles. The minimum atomic E-state index is -0.642. The highest BCUT2D eigenvalue weighted by Crippen LogP contribution is 2.18. The number of pyridine rings is 1. The molecule has 0 N–H and O–H groups in total. The summed E-state index contributed by atoms with van der Waals surface area (Å²) in [6.45, 7) is 2.44. The van der Waals surface area contributed by atoms with Crippen molar-refractivity contribution < 1.29 is 23.8 Å². The standard InChI is InChI=1S/C22H24N3O4/c1-3-24(16-22(28)29-25-20(26)10-11-21(25)27)19-8-6-17(7-9-19)4-5-18-12-14-23(2)15-13-18/h4-9,12-15H,3,10-11,16H2,1-2H3/q+1. The third kappa shape index (κ3) is 5.28. The minimum Gasteiger partial charge on any atom is -0.361 e. The Morgan fingerprint density at radius 3 is 2.14 bits per heavy atom. The summed E-state index contributed by atoms with van der Waals surface area (Å²) in [6, 6.07) is 11.9. The average molecular weight is 394 g/mol. The van der Waals surface area contributed by atoms with E-state index in [1.54, 1.807) is 0 Å². The first-order chi connectivity index (χ1) is 14.0. The predicted molar refractivity (Wildman–Crippen MR) is 108 cm³/mol. The van der Waals surface area contributed by atoms with E-state index in [1.165, 1.54) is 0 Å². The summed E-state index contributed by atoms with van der Waals surface area (Å²) in [7, 11) is 1.97. The molecule has 7 nitrogen and oxygen atoms in total. The van der Waals surface area contributed by atoms with Crippen LogP contribution < -0.4 is 9.47 Å². The maximum Gasteiger partial charge on any atom is 0.352 e. The SMILES string of the molecule is CCN(CC(=O)ON1C(=O)CCC1=O)c1ccc(/C=C/c2cc[n+](C)cc2)cc1. The molecule has 1 aromatic carbocycles. The molecule has 0 unspecified atom stereocenters. The van der Waals surface area contributed by atoms with Crippen LogP contribution in [-0.4, -0.2) is 35.9 Å². The van der Waals surface area contributed by atoms with Crippen LogP contribution in [0.1, 0.15) is 30.9 Å². The van der Waals surface area contributed by atoms with Gasteiger partial charge in [0.2, 0.25) is 0 Å². The number of anilines is 1. The Balaban J connectivity index is 1.60. The number of hydroxylamine groups is 2. The number of carbonyl (C=O) groups excluding carboxylic acids is 3. The van der Waals surface area contributed by atoms with E-state index in [0.29, 0.717) is 11.6 Å². The highest BCUT2D eigenvalue weighted by molar-refractivity contribution is 6.01. The number of nitrogens with zero attached hydrogens (tertiary/aromatic N) is 3. The molecule has 3 rings (SSSR count). The molecule has 29 heavy (non-hydrogen) atoms. The van der Waals surface area contributed by atoms with Gasteiger partial charge in [-0.2, -0.15) is 0 Å². The summed E-state index contributed by atoms with van der Waals surface area (Å²) in [6.07, 6.45) is 8.21. The second kappa shape index (κ2) is 9.14. The number of carbonyl (C=O) groups is 3. The zero-order valence-electron chi connectivity index (χ0n) is 16.6. The number of hydrogen-bond acceptors (Lipinski definition) is 5. The lowest BCUT2D eigenvalue weighted by atomic mass is 10.1. The van der Waals surface area contributed by atoms with Gasteiger partial charge in [0.25, 0.3) is 11.8 Å². The molecule has 1 aromatic heterocycles. The summed E-state index contributed by atoms with van der Waals surface area (Å²) in [4.78, 5) is 42.1. The Morgan fingerprint density at radius 1 is 1.03 bits per heavy atom. The Morgan fingerprint density at radius 2 is 1.59 bits per heavy atom. The number of amides is 2. The molecule has 1 aliphatic heterocycles. The fourth-order valence-electron chi connectivity index (χ4n) is 2.94. The van der Waals surface area contributed by atoms with Crippen LogP contribution in [0, 0.1) is 0 Å². The van der Waals surface area contributed by atoms with Crippen LogP contribution in [0.5, 0.6) is 0 Å². The van der Waals surface area contributed by atoms with Gasteiger partial charge in [-0.15, -0.1) is 5.06 Å². The van der Waals surface area contributed by atoms with Crippen molar-refractivity contribution >= 4 is 35.6 Å². The zero-order chi connectivity index (χ0) is 20.8. The van der Waals surface area contributed by atoms with Crippen LogP contribution in [0.25, 0.3) is 12.2 Å². The molecule has 0 aliphatic carbocycles. The maximum absolute atomic E-state index is 12.2. The fourth-order valence-corrected chi connectivity index (χ4v) is 2.94. The topological polar surface area (TPSA) is 70.8 Å². The molecular formula is C22H24N3O4+. The molecule has 0 saturated carbocycles. The molecule has 2 aromatic rings. The lowest BCUT2D eigenvalue weighted by molar-refractivity contribution is -0.671. The summed E-state index contributed by atoms with van der Waals surface area (Å²) < 4.78 is 1.98. The van der Waals surface area contributed by atoms with Gasteiger partial charge >= 0.3 is 5.97 Å². The van der Waals surface area contributed by atoms with Gasteiger partial charge in [-0.3, -0.25) is 9.59 Å². The number of likely N-dealkylation sites (N-methyl/N-ethyl adjacent to an activating group) is 1. The second-order valence-corrected chi connectivity index (χ2v) is 6.78. The van der Waals surface area contributed by atoms with Crippen LogP contribution in [0.15, 0.2) is 48.8 Å². The molecule has 0 bridgehead atoms. The molecule has 0 spiro atoms. The monoisotopic (exact) mass is 394 g/mol. The van der Waals surface area contributed by atoms with Crippen LogP contribution >= 0.6 is 0 Å². The van der Waals surface area contributed by atoms with E-state index in [0.717, 1.165) is 16.8 Å². The van der Waals surface area contributed by atoms with Gasteiger partial charge in [-0.25, -0.2) is 9.36 Å². The Bertz CT molecular complexity index is 904. The third-order valence-electron chi connectivity index (χ3n) is 4.63. The van der Waals surface area contributed by atoms with Crippen molar-refractivity contribution in [1.82, 2.24) is 5.06 Å². The van der Waals surface area contributed by atoms with Gasteiger partial charge in [-0.1, -0.05) is 24.3 Å². The van der Waals surface area contributed by atoms with Crippen LogP contribution in [0.4, 0.5) is 5.69 Å². The minimum absolute atomic E-state index is 0.0518. The molecule has 0 atom stereocenters. The first-order valence-corrected chi connectivity index (χ1v) is 9.51. The molecular weight excluding hydrogens is 370 g/mol. The van der Waals surface area contributed by atoms with Gasteiger partial charge in [0, 0.05) is 37.2 Å². The summed E-state index contributed by atoms with van der Waals surface area (Å²) in [5.41, 5.74) is 3.00. The number of aryl methyl sites for hydroxylation is 1. The van der Waals surface area contributed by atoms with Gasteiger partial charge in [0.1, 0.15) is 13.6 Å². The van der Waals surface area contributed by atoms with E-state index >= 15 is 0 Å². The van der Waals surface area contributed by atoms with Crippen LogP contribution in [0.2, 0.25) is 0 Å². The second-order valence-electron chi connectivity index (χ2n) is 6.78. The van der Waals surface area contributed by atoms with Gasteiger partial charge in [0.15, 0.2) is 12.4 Å². The Hall–Kier alpha value is -3.48. The van der Waals surface area contributed by atoms with Crippen molar-refractivity contribution in [2.45, 2.75) is 19.8 Å². The number of rotatable bonds is 7. The molecule has 1 saturated heterocycles. The molecule has 0 radical (unpaired) electrons. The Labute approximate surface area is 169 Å². The first kappa shape index (κ1) is 20.3. The summed E-state index contributed by atoms with van der Waals surface area (Å²) >= 11 is 0. The number of benzene rings is 1. The Kier molecular flexibility index (Phi) is 6.39. The van der Waals surface area contributed by atoms with E-state index in [4.69, 9.17) is 4.84 Å². The maximum atomic E-state index is 12.2. The molecule has 150 valence electrons. The van der Waals surface area contributed by atoms with Gasteiger partial charge in [0.05, 0.1) is 0 Å². The van der Waals surface area contributed by atoms with Crippen molar-refractivity contribution in [3.8, 4) is 0 Å². The lowest BCUT2D eigenvalue weighted by Crippen LogP contribution is -2.37. The molecule has 1 fully saturated rings. The first-order valence-electron chi connectivity index (χ1n) is 9.51. The van der Waals surface area contributed by atoms with Crippen molar-refractivity contribution in [2.24, 2.45) is 7.05 Å². The normalized spacial score (nSPS) is 13.9. The lowest BCUT2D eigenvalue weighted by Gasteiger charge is -2.23. The smallest absolute Gasteiger partial charge is 0.352 e. The number of aromatic nitrogens is 1. The van der Waals surface area contributed by atoms with Crippen molar-refractivity contribution in [1.29, 1.82) is 0 Å². The molecule has 2 amide bonds. The van der Waals surface area contributed by atoms with Gasteiger partial charge < -0.3 is 9.74 Å². The zero-order valence-corrected chi connectivity index (χ0v) is 16.6. The van der Waals surface area contributed by atoms with Crippen molar-refractivity contribution in [3.63, 3.8) is 0 Å². The quantitative estimate of drug-likeness (QED) is 0.531. The predicted octanol–water partition coefficient (Wildman–Crippen LogP) is 2.11. The molecule has 7 heteroatoms. The highest BCUT2D eigenvalue weighted by atomic mass is 16.7. The molecule has 1 aliphatic rings. The van der Waals surface area contributed by atoms with E-state index in [1.807, 2.05) is 84.4 Å². The van der Waals surface area contributed by atoms with E-state index in [2.05, 4.69) is 0 Å². The van der Waals surface area contributed by atoms with Gasteiger partial charge in [-0.05, 0) is 30.2 Å². The number of imide groups is 1. The summed E-state index contributed by atoms with van der Waals surface area (Å²) in [5.74, 6) is -1.60. The number of hydrogen-bond donors (Lipinski definition) is 0. The fraction of sp³-hybridized carbons (Fsp3) is 0.273. The van der Waals surface area contributed by atoms with Crippen molar-refractivity contribution in [3.05, 3.63) is 59.9 Å². The third-order valence-corrected chi connectivity index (χ3v) is 4.63. The van der Waals surface area contributed by atoms with Crippen LogP contribution in [0.3, 0.4) is 0 Å². The van der Waals surface area contributed by atoms with E-state index in [-0.39, 0.29) is 19.4 Å². The largest absolute Gasteiger partial charge is 0.361 e. The summed E-state index contributed by atoms with van der Waals surface area (Å²) in [5, 5.41) is 0.577. The van der Waals surface area contributed by atoms with Crippen LogP contribution in [-0.2, 0) is 26.3 Å². The van der Waals surface area contributed by atoms with E-state index < -0.39 is 17.8 Å². The highest BCUT2D eigenvalue weighted by Gasteiger charge is 2.33. The van der Waals surface area contributed by atoms with Crippen molar-refractivity contribution in [2.75, 3.05) is 18.0 Å². The van der Waals surface area contributed by atoms with E-state index in [9.17, 15) is 14.4 Å². The average Bonchev–Trinajstić information content (AvgIpc) is 3.04.